The second kappa shape index (κ2) is 8.70. The maximum absolute atomic E-state index is 13.1. The lowest BCUT2D eigenvalue weighted by Crippen LogP contribution is -2.43. The number of nitrogens with two attached hydrogens (primary N) is 1. The topological polar surface area (TPSA) is 68.0 Å². The molecule has 1 saturated carbocycles. The second-order valence-electron chi connectivity index (χ2n) is 8.45. The number of benzene rings is 1. The van der Waals surface area contributed by atoms with Crippen LogP contribution in [-0.4, -0.2) is 67.2 Å². The molecule has 0 radical (unpaired) electrons. The lowest BCUT2D eigenvalue weighted by Gasteiger charge is -2.36. The van der Waals surface area contributed by atoms with E-state index in [1.165, 1.54) is 25.7 Å². The highest BCUT2D eigenvalue weighted by molar-refractivity contribution is 5.97. The van der Waals surface area contributed by atoms with Crippen LogP contribution in [0.2, 0.25) is 0 Å². The molecule has 2 aliphatic heterocycles. The molecule has 6 nitrogen and oxygen atoms in total. The molecule has 3 fully saturated rings. The number of methoxy groups -OCH3 is 1. The van der Waals surface area contributed by atoms with Crippen LogP contribution in [-0.2, 0) is 0 Å². The first kappa shape index (κ1) is 19.5. The number of rotatable bonds is 5. The van der Waals surface area contributed by atoms with Gasteiger partial charge in [0.2, 0.25) is 0 Å². The molecule has 28 heavy (non-hydrogen) atoms. The van der Waals surface area contributed by atoms with E-state index in [2.05, 4.69) is 4.90 Å². The normalized spacial score (nSPS) is 24.6. The van der Waals surface area contributed by atoms with E-state index in [0.29, 0.717) is 30.2 Å². The quantitative estimate of drug-likeness (QED) is 0.841. The third-order valence-electron chi connectivity index (χ3n) is 6.54. The number of amides is 1. The average Bonchev–Trinajstić information content (AvgIpc) is 3.40. The molecule has 2 N–H and O–H groups in total. The lowest BCUT2D eigenvalue weighted by molar-refractivity contribution is 0.0712. The summed E-state index contributed by atoms with van der Waals surface area (Å²) in [5.41, 5.74) is 6.58. The van der Waals surface area contributed by atoms with Gasteiger partial charge in [0.15, 0.2) is 0 Å². The van der Waals surface area contributed by atoms with Gasteiger partial charge in [-0.3, -0.25) is 4.79 Å². The zero-order chi connectivity index (χ0) is 19.5. The van der Waals surface area contributed by atoms with Gasteiger partial charge in [0.1, 0.15) is 17.6 Å². The number of carbonyl (C=O) groups is 1. The number of ether oxygens (including phenoxy) is 2. The summed E-state index contributed by atoms with van der Waals surface area (Å²) >= 11 is 0. The van der Waals surface area contributed by atoms with E-state index in [-0.39, 0.29) is 18.1 Å². The van der Waals surface area contributed by atoms with Gasteiger partial charge in [0, 0.05) is 38.3 Å². The Balaban J connectivity index is 1.43. The molecule has 0 unspecified atom stereocenters. The summed E-state index contributed by atoms with van der Waals surface area (Å²) < 4.78 is 11.7. The van der Waals surface area contributed by atoms with Crippen LogP contribution in [0.15, 0.2) is 18.2 Å². The third-order valence-corrected chi connectivity index (χ3v) is 6.54. The van der Waals surface area contributed by atoms with Crippen molar-refractivity contribution in [2.75, 3.05) is 33.3 Å². The minimum atomic E-state index is -0.00904. The Labute approximate surface area is 168 Å². The Morgan fingerprint density at radius 1 is 1.07 bits per heavy atom. The minimum absolute atomic E-state index is 0.00904. The first-order chi connectivity index (χ1) is 13.6. The molecular weight excluding hydrogens is 354 g/mol. The molecule has 0 bridgehead atoms. The Kier molecular flexibility index (Phi) is 6.07. The maximum atomic E-state index is 13.1. The molecule has 154 valence electrons. The number of likely N-dealkylation sites (tertiary alicyclic amines) is 2. The predicted octanol–water partition coefficient (Wildman–Crippen LogP) is 2.65. The van der Waals surface area contributed by atoms with Gasteiger partial charge in [0.05, 0.1) is 12.7 Å². The van der Waals surface area contributed by atoms with Crippen molar-refractivity contribution in [1.29, 1.82) is 0 Å². The Morgan fingerprint density at radius 2 is 1.82 bits per heavy atom. The summed E-state index contributed by atoms with van der Waals surface area (Å²) in [6, 6.07) is 6.40. The molecule has 0 spiro atoms. The fourth-order valence-corrected chi connectivity index (χ4v) is 4.86. The van der Waals surface area contributed by atoms with Gasteiger partial charge in [-0.15, -0.1) is 0 Å². The van der Waals surface area contributed by atoms with Crippen molar-refractivity contribution < 1.29 is 14.3 Å². The van der Waals surface area contributed by atoms with Gasteiger partial charge >= 0.3 is 0 Å². The van der Waals surface area contributed by atoms with Crippen molar-refractivity contribution >= 4 is 5.91 Å². The highest BCUT2D eigenvalue weighted by Crippen LogP contribution is 2.31. The molecule has 4 rings (SSSR count). The summed E-state index contributed by atoms with van der Waals surface area (Å²) in [7, 11) is 1.62. The molecule has 0 aromatic heterocycles. The van der Waals surface area contributed by atoms with E-state index in [9.17, 15) is 4.79 Å². The van der Waals surface area contributed by atoms with Crippen LogP contribution < -0.4 is 15.2 Å². The number of nitrogens with zero attached hydrogens (tertiary/aromatic N) is 2. The van der Waals surface area contributed by atoms with Gasteiger partial charge < -0.3 is 25.0 Å². The summed E-state index contributed by atoms with van der Waals surface area (Å²) in [6.45, 7) is 3.50. The van der Waals surface area contributed by atoms with Gasteiger partial charge in [0.25, 0.3) is 5.91 Å². The van der Waals surface area contributed by atoms with E-state index in [1.54, 1.807) is 13.2 Å². The zero-order valence-electron chi connectivity index (χ0n) is 16.9. The van der Waals surface area contributed by atoms with Crippen molar-refractivity contribution in [2.24, 2.45) is 5.73 Å². The highest BCUT2D eigenvalue weighted by atomic mass is 16.5. The largest absolute Gasteiger partial charge is 0.497 e. The lowest BCUT2D eigenvalue weighted by atomic mass is 10.0. The molecule has 6 heteroatoms. The molecule has 3 aliphatic rings. The predicted molar refractivity (Wildman–Crippen MR) is 109 cm³/mol. The van der Waals surface area contributed by atoms with Gasteiger partial charge in [-0.1, -0.05) is 12.8 Å². The fourth-order valence-electron chi connectivity index (χ4n) is 4.86. The van der Waals surface area contributed by atoms with Crippen LogP contribution in [0.4, 0.5) is 0 Å². The maximum Gasteiger partial charge on any atom is 0.257 e. The van der Waals surface area contributed by atoms with Crippen LogP contribution in [0.1, 0.15) is 55.3 Å². The van der Waals surface area contributed by atoms with Crippen molar-refractivity contribution in [3.8, 4) is 11.5 Å². The summed E-state index contributed by atoms with van der Waals surface area (Å²) in [5, 5.41) is 0. The first-order valence-corrected chi connectivity index (χ1v) is 10.8. The van der Waals surface area contributed by atoms with E-state index < -0.39 is 0 Å². The zero-order valence-corrected chi connectivity index (χ0v) is 16.9. The number of carbonyl (C=O) groups excluding carboxylic acids is 1. The molecule has 1 aromatic carbocycles. The SMILES string of the molecule is COc1ccc(OC2CCN(C3CCCC3)CC2)c(C(=O)N2CC[C@@H](N)C2)c1. The first-order valence-electron chi connectivity index (χ1n) is 10.8. The van der Waals surface area contributed by atoms with Crippen molar-refractivity contribution in [3.05, 3.63) is 23.8 Å². The Morgan fingerprint density at radius 3 is 2.46 bits per heavy atom. The second-order valence-corrected chi connectivity index (χ2v) is 8.45. The average molecular weight is 388 g/mol. The fraction of sp³-hybridized carbons (Fsp3) is 0.682. The van der Waals surface area contributed by atoms with Crippen LogP contribution in [0, 0.1) is 0 Å². The van der Waals surface area contributed by atoms with Crippen LogP contribution in [0.5, 0.6) is 11.5 Å². The molecule has 1 aromatic rings. The van der Waals surface area contributed by atoms with Crippen LogP contribution >= 0.6 is 0 Å². The number of hydrogen-bond acceptors (Lipinski definition) is 5. The summed E-state index contributed by atoms with van der Waals surface area (Å²) in [6.07, 6.45) is 8.50. The van der Waals surface area contributed by atoms with E-state index in [4.69, 9.17) is 15.2 Å². The van der Waals surface area contributed by atoms with Crippen LogP contribution in [0.25, 0.3) is 0 Å². The number of hydrogen-bond donors (Lipinski definition) is 1. The van der Waals surface area contributed by atoms with E-state index in [1.807, 2.05) is 17.0 Å². The highest BCUT2D eigenvalue weighted by Gasteiger charge is 2.30. The van der Waals surface area contributed by atoms with Gasteiger partial charge in [-0.05, 0) is 50.3 Å². The van der Waals surface area contributed by atoms with Gasteiger partial charge in [-0.25, -0.2) is 0 Å². The molecule has 2 heterocycles. The molecule has 1 amide bonds. The minimum Gasteiger partial charge on any atom is -0.497 e. The van der Waals surface area contributed by atoms with Crippen molar-refractivity contribution in [1.82, 2.24) is 9.80 Å². The smallest absolute Gasteiger partial charge is 0.257 e. The summed E-state index contributed by atoms with van der Waals surface area (Å²) in [4.78, 5) is 17.5. The molecule has 1 atom stereocenters. The van der Waals surface area contributed by atoms with E-state index >= 15 is 0 Å². The summed E-state index contributed by atoms with van der Waals surface area (Å²) in [5.74, 6) is 1.34. The third kappa shape index (κ3) is 4.28. The Bertz CT molecular complexity index is 682. The van der Waals surface area contributed by atoms with E-state index in [0.717, 1.165) is 38.4 Å². The molecular formula is C22H33N3O3. The van der Waals surface area contributed by atoms with Crippen molar-refractivity contribution in [3.63, 3.8) is 0 Å². The monoisotopic (exact) mass is 387 g/mol. The molecule has 2 saturated heterocycles. The van der Waals surface area contributed by atoms with Crippen molar-refractivity contribution in [2.45, 2.75) is 63.1 Å². The van der Waals surface area contributed by atoms with Crippen LogP contribution in [0.3, 0.4) is 0 Å². The molecule has 1 aliphatic carbocycles. The number of piperidine rings is 1. The Hall–Kier alpha value is -1.79. The standard InChI is InChI=1S/C22H33N3O3/c1-27-19-6-7-21(20(14-19)22(26)25-11-8-16(23)15-25)28-18-9-12-24(13-10-18)17-4-2-3-5-17/h6-7,14,16-18H,2-5,8-13,15,23H2,1H3/t16-/m1/s1. The van der Waals surface area contributed by atoms with Gasteiger partial charge in [-0.2, -0.15) is 0 Å².